The van der Waals surface area contributed by atoms with Gasteiger partial charge in [-0.2, -0.15) is 0 Å². The highest BCUT2D eigenvalue weighted by atomic mass is 35.5. The largest absolute Gasteiger partial charge is 0.455 e. The second-order valence-electron chi connectivity index (χ2n) is 4.18. The molecule has 0 fully saturated rings. The highest BCUT2D eigenvalue weighted by Gasteiger charge is 2.13. The first-order chi connectivity index (χ1) is 10.2. The van der Waals surface area contributed by atoms with Gasteiger partial charge in [0.05, 0.1) is 15.5 Å². The summed E-state index contributed by atoms with van der Waals surface area (Å²) < 4.78 is 10.5. The van der Waals surface area contributed by atoms with E-state index in [4.69, 9.17) is 20.8 Å². The Morgan fingerprint density at radius 2 is 2.14 bits per heavy atom. The predicted octanol–water partition coefficient (Wildman–Crippen LogP) is 4.41. The van der Waals surface area contributed by atoms with E-state index in [0.717, 1.165) is 4.88 Å². The minimum Gasteiger partial charge on any atom is -0.455 e. The van der Waals surface area contributed by atoms with Crippen LogP contribution in [-0.2, 0) is 11.3 Å². The summed E-state index contributed by atoms with van der Waals surface area (Å²) in [7, 11) is 0. The molecule has 0 atom stereocenters. The molecule has 0 saturated carbocycles. The van der Waals surface area contributed by atoms with E-state index in [-0.39, 0.29) is 6.61 Å². The maximum atomic E-state index is 11.9. The summed E-state index contributed by atoms with van der Waals surface area (Å²) in [5.74, 6) is 0.0371. The number of halogens is 1. The minimum absolute atomic E-state index is 0.0406. The molecule has 0 amide bonds. The van der Waals surface area contributed by atoms with E-state index in [9.17, 15) is 4.79 Å². The molecule has 0 bridgehead atoms. The zero-order valence-electron chi connectivity index (χ0n) is 10.8. The van der Waals surface area contributed by atoms with Crippen molar-refractivity contribution in [2.24, 2.45) is 0 Å². The molecule has 2 heterocycles. The van der Waals surface area contributed by atoms with Gasteiger partial charge in [-0.1, -0.05) is 29.8 Å². The van der Waals surface area contributed by atoms with Gasteiger partial charge in [0, 0.05) is 0 Å². The molecule has 1 aromatic carbocycles. The van der Waals surface area contributed by atoms with Crippen LogP contribution in [0.1, 0.15) is 16.1 Å². The highest BCUT2D eigenvalue weighted by molar-refractivity contribution is 7.13. The Hall–Kier alpha value is -2.11. The van der Waals surface area contributed by atoms with E-state index < -0.39 is 5.97 Å². The molecular weight excluding hydrogens is 310 g/mol. The van der Waals surface area contributed by atoms with Crippen LogP contribution in [0, 0.1) is 0 Å². The number of aromatic nitrogens is 1. The summed E-state index contributed by atoms with van der Waals surface area (Å²) in [6, 6.07) is 10.6. The topological polar surface area (TPSA) is 52.3 Å². The van der Waals surface area contributed by atoms with Crippen molar-refractivity contribution in [1.82, 2.24) is 4.98 Å². The number of oxazole rings is 1. The molecule has 0 radical (unpaired) electrons. The van der Waals surface area contributed by atoms with E-state index >= 15 is 0 Å². The van der Waals surface area contributed by atoms with E-state index in [1.54, 1.807) is 24.3 Å². The van der Waals surface area contributed by atoms with Gasteiger partial charge in [-0.05, 0) is 23.6 Å². The van der Waals surface area contributed by atoms with Crippen LogP contribution in [0.15, 0.2) is 52.5 Å². The third-order valence-corrected chi connectivity index (χ3v) is 3.92. The van der Waals surface area contributed by atoms with Gasteiger partial charge in [0.25, 0.3) is 0 Å². The molecule has 106 valence electrons. The monoisotopic (exact) mass is 319 g/mol. The second-order valence-corrected chi connectivity index (χ2v) is 5.53. The van der Waals surface area contributed by atoms with Gasteiger partial charge in [0.1, 0.15) is 18.6 Å². The standard InChI is InChI=1S/C15H10ClNO3S/c16-12-5-2-1-4-11(12)15(18)20-9-10-8-19-14(17-10)13-6-3-7-21-13/h1-8H,9H2. The molecule has 3 aromatic rings. The Labute approximate surface area is 130 Å². The SMILES string of the molecule is O=C(OCc1coc(-c2cccs2)n1)c1ccccc1Cl. The fraction of sp³-hybridized carbons (Fsp3) is 0.0667. The quantitative estimate of drug-likeness (QED) is 0.668. The lowest BCUT2D eigenvalue weighted by molar-refractivity contribution is 0.0468. The number of esters is 1. The average molecular weight is 320 g/mol. The maximum absolute atomic E-state index is 11.9. The first-order valence-corrected chi connectivity index (χ1v) is 7.40. The molecule has 0 aliphatic heterocycles. The third kappa shape index (κ3) is 3.15. The number of nitrogens with zero attached hydrogens (tertiary/aromatic N) is 1. The fourth-order valence-electron chi connectivity index (χ4n) is 1.73. The second kappa shape index (κ2) is 6.11. The van der Waals surface area contributed by atoms with Crippen LogP contribution < -0.4 is 0 Å². The molecule has 3 rings (SSSR count). The van der Waals surface area contributed by atoms with Crippen molar-refractivity contribution < 1.29 is 13.9 Å². The lowest BCUT2D eigenvalue weighted by atomic mass is 10.2. The van der Waals surface area contributed by atoms with Crippen molar-refractivity contribution in [3.63, 3.8) is 0 Å². The zero-order chi connectivity index (χ0) is 14.7. The van der Waals surface area contributed by atoms with Gasteiger partial charge in [-0.25, -0.2) is 9.78 Å². The molecule has 6 heteroatoms. The van der Waals surface area contributed by atoms with E-state index in [1.165, 1.54) is 17.6 Å². The predicted molar refractivity (Wildman–Crippen MR) is 80.4 cm³/mol. The molecular formula is C15H10ClNO3S. The number of rotatable bonds is 4. The molecule has 0 aliphatic carbocycles. The number of hydrogen-bond donors (Lipinski definition) is 0. The Balaban J connectivity index is 1.66. The lowest BCUT2D eigenvalue weighted by Gasteiger charge is -2.03. The Bertz CT molecular complexity index is 752. The summed E-state index contributed by atoms with van der Waals surface area (Å²) in [5.41, 5.74) is 0.889. The molecule has 2 aromatic heterocycles. The van der Waals surface area contributed by atoms with E-state index in [1.807, 2.05) is 17.5 Å². The van der Waals surface area contributed by atoms with Gasteiger partial charge in [0.2, 0.25) is 5.89 Å². The summed E-state index contributed by atoms with van der Waals surface area (Å²) in [6.45, 7) is 0.0406. The molecule has 21 heavy (non-hydrogen) atoms. The van der Waals surface area contributed by atoms with Crippen molar-refractivity contribution in [3.8, 4) is 10.8 Å². The van der Waals surface area contributed by atoms with E-state index in [0.29, 0.717) is 22.2 Å². The first-order valence-electron chi connectivity index (χ1n) is 6.14. The molecule has 0 unspecified atom stereocenters. The van der Waals surface area contributed by atoms with E-state index in [2.05, 4.69) is 4.98 Å². The van der Waals surface area contributed by atoms with Crippen molar-refractivity contribution in [1.29, 1.82) is 0 Å². The minimum atomic E-state index is -0.485. The summed E-state index contributed by atoms with van der Waals surface area (Å²) >= 11 is 7.47. The van der Waals surface area contributed by atoms with Gasteiger partial charge in [0.15, 0.2) is 0 Å². The van der Waals surface area contributed by atoms with Crippen LogP contribution in [0.3, 0.4) is 0 Å². The first kappa shape index (κ1) is 13.9. The number of benzene rings is 1. The van der Waals surface area contributed by atoms with Crippen LogP contribution in [0.4, 0.5) is 0 Å². The number of hydrogen-bond acceptors (Lipinski definition) is 5. The van der Waals surface area contributed by atoms with Gasteiger partial charge < -0.3 is 9.15 Å². The number of carbonyl (C=O) groups excluding carboxylic acids is 1. The Morgan fingerprint density at radius 3 is 2.90 bits per heavy atom. The van der Waals surface area contributed by atoms with Crippen molar-refractivity contribution in [2.45, 2.75) is 6.61 Å². The molecule has 0 aliphatic rings. The van der Waals surface area contributed by atoms with Crippen LogP contribution in [0.2, 0.25) is 5.02 Å². The number of carbonyl (C=O) groups is 1. The molecule has 0 saturated heterocycles. The van der Waals surface area contributed by atoms with Gasteiger partial charge in [-0.15, -0.1) is 11.3 Å². The molecule has 0 spiro atoms. The fourth-order valence-corrected chi connectivity index (χ4v) is 2.60. The van der Waals surface area contributed by atoms with Crippen molar-refractivity contribution in [3.05, 3.63) is 64.3 Å². The summed E-state index contributed by atoms with van der Waals surface area (Å²) in [6.07, 6.45) is 1.48. The Morgan fingerprint density at radius 1 is 1.29 bits per heavy atom. The molecule has 4 nitrogen and oxygen atoms in total. The average Bonchev–Trinajstić information content (AvgIpc) is 3.16. The Kier molecular flexibility index (Phi) is 4.03. The van der Waals surface area contributed by atoms with Gasteiger partial charge in [-0.3, -0.25) is 0 Å². The summed E-state index contributed by atoms with van der Waals surface area (Å²) in [4.78, 5) is 17.1. The van der Waals surface area contributed by atoms with Crippen molar-refractivity contribution >= 4 is 28.9 Å². The number of thiophene rings is 1. The van der Waals surface area contributed by atoms with Crippen molar-refractivity contribution in [2.75, 3.05) is 0 Å². The zero-order valence-corrected chi connectivity index (χ0v) is 12.4. The van der Waals surface area contributed by atoms with Crippen LogP contribution in [0.25, 0.3) is 10.8 Å². The van der Waals surface area contributed by atoms with Crippen LogP contribution in [0.5, 0.6) is 0 Å². The maximum Gasteiger partial charge on any atom is 0.340 e. The smallest absolute Gasteiger partial charge is 0.340 e. The van der Waals surface area contributed by atoms with Gasteiger partial charge >= 0.3 is 5.97 Å². The van der Waals surface area contributed by atoms with Crippen LogP contribution in [-0.4, -0.2) is 11.0 Å². The third-order valence-electron chi connectivity index (χ3n) is 2.73. The highest BCUT2D eigenvalue weighted by Crippen LogP contribution is 2.24. The normalized spacial score (nSPS) is 10.5. The number of ether oxygens (including phenoxy) is 1. The summed E-state index contributed by atoms with van der Waals surface area (Å²) in [5, 5.41) is 2.30. The van der Waals surface area contributed by atoms with Crippen LogP contribution >= 0.6 is 22.9 Å². The lowest BCUT2D eigenvalue weighted by Crippen LogP contribution is -2.06. The molecule has 0 N–H and O–H groups in total.